The summed E-state index contributed by atoms with van der Waals surface area (Å²) in [6.45, 7) is 0. The van der Waals surface area contributed by atoms with Gasteiger partial charge in [-0.25, -0.2) is 0 Å². The molecule has 0 fully saturated rings. The minimum Gasteiger partial charge on any atom is -0.545 e. The molecule has 1 aliphatic heterocycles. The summed E-state index contributed by atoms with van der Waals surface area (Å²) < 4.78 is 0. The Balaban J connectivity index is 1.79. The lowest BCUT2D eigenvalue weighted by molar-refractivity contribution is -0.255. The van der Waals surface area contributed by atoms with Gasteiger partial charge in [-0.05, 0) is 53.3 Å². The van der Waals surface area contributed by atoms with Gasteiger partial charge in [-0.2, -0.15) is 0 Å². The van der Waals surface area contributed by atoms with Crippen molar-refractivity contribution in [2.45, 2.75) is 18.4 Å². The van der Waals surface area contributed by atoms with Crippen molar-refractivity contribution < 1.29 is 9.90 Å². The van der Waals surface area contributed by atoms with Gasteiger partial charge in [0.15, 0.2) is 0 Å². The van der Waals surface area contributed by atoms with E-state index < -0.39 is 5.97 Å². The molecule has 3 atom stereocenters. The van der Waals surface area contributed by atoms with Crippen LogP contribution in [-0.2, 0) is 0 Å². The van der Waals surface area contributed by atoms with E-state index in [1.165, 1.54) is 5.56 Å². The van der Waals surface area contributed by atoms with Gasteiger partial charge in [0.2, 0.25) is 0 Å². The fraction of sp³-hybridized carbons (Fsp3) is 0.222. The molecule has 4 rings (SSSR count). The summed E-state index contributed by atoms with van der Waals surface area (Å²) in [7, 11) is 0. The summed E-state index contributed by atoms with van der Waals surface area (Å²) in [4.78, 5) is 15.2. The predicted molar refractivity (Wildman–Crippen MR) is 81.4 cm³/mol. The molecule has 4 heteroatoms. The first-order valence-corrected chi connectivity index (χ1v) is 7.42. The molecular formula is C18H15N2O2-. The number of carbonyl (C=O) groups is 1. The fourth-order valence-electron chi connectivity index (χ4n) is 3.62. The zero-order valence-electron chi connectivity index (χ0n) is 11.9. The Bertz CT molecular complexity index is 755. The van der Waals surface area contributed by atoms with Gasteiger partial charge >= 0.3 is 0 Å². The van der Waals surface area contributed by atoms with E-state index in [1.807, 2.05) is 30.6 Å². The van der Waals surface area contributed by atoms with Crippen molar-refractivity contribution in [2.24, 2.45) is 5.92 Å². The number of benzene rings is 1. The first kappa shape index (κ1) is 13.1. The smallest absolute Gasteiger partial charge is 0.0715 e. The number of fused-ring (bicyclic) bond motifs is 3. The van der Waals surface area contributed by atoms with E-state index >= 15 is 0 Å². The highest BCUT2D eigenvalue weighted by Crippen LogP contribution is 2.49. The van der Waals surface area contributed by atoms with E-state index in [1.54, 1.807) is 12.1 Å². The summed E-state index contributed by atoms with van der Waals surface area (Å²) in [5, 5.41) is 14.7. The van der Waals surface area contributed by atoms with Gasteiger partial charge in [-0.15, -0.1) is 0 Å². The zero-order chi connectivity index (χ0) is 15.1. The topological polar surface area (TPSA) is 65.0 Å². The van der Waals surface area contributed by atoms with Gasteiger partial charge in [0.25, 0.3) is 0 Å². The summed E-state index contributed by atoms with van der Waals surface area (Å²) in [6, 6.07) is 9.47. The number of hydrogen-bond donors (Lipinski definition) is 1. The highest BCUT2D eigenvalue weighted by atomic mass is 16.4. The summed E-state index contributed by atoms with van der Waals surface area (Å²) in [5.74, 6) is -0.488. The molecule has 0 unspecified atom stereocenters. The second-order valence-electron chi connectivity index (χ2n) is 5.85. The SMILES string of the molecule is O=C([O-])c1ccc2c(c1)[C@@H]1C=CC[C@@H]1[C@H](c1ccncc1)N2. The molecule has 0 saturated heterocycles. The van der Waals surface area contributed by atoms with Crippen molar-refractivity contribution in [2.75, 3.05) is 5.32 Å². The van der Waals surface area contributed by atoms with Crippen LogP contribution in [0, 0.1) is 5.92 Å². The maximum absolute atomic E-state index is 11.1. The molecular weight excluding hydrogens is 276 g/mol. The number of hydrogen-bond acceptors (Lipinski definition) is 4. The predicted octanol–water partition coefficient (Wildman–Crippen LogP) is 2.27. The number of rotatable bonds is 2. The molecule has 1 aromatic carbocycles. The quantitative estimate of drug-likeness (QED) is 0.862. The van der Waals surface area contributed by atoms with Crippen LogP contribution in [0.4, 0.5) is 5.69 Å². The number of nitrogens with one attached hydrogen (secondary N) is 1. The van der Waals surface area contributed by atoms with Gasteiger partial charge in [-0.3, -0.25) is 4.98 Å². The first-order chi connectivity index (χ1) is 10.7. The Morgan fingerprint density at radius 1 is 1.23 bits per heavy atom. The average molecular weight is 291 g/mol. The average Bonchev–Trinajstić information content (AvgIpc) is 3.04. The highest BCUT2D eigenvalue weighted by molar-refractivity contribution is 5.87. The van der Waals surface area contributed by atoms with Crippen molar-refractivity contribution in [1.82, 2.24) is 4.98 Å². The molecule has 1 aromatic heterocycles. The Morgan fingerprint density at radius 3 is 2.82 bits per heavy atom. The van der Waals surface area contributed by atoms with Crippen LogP contribution in [0.15, 0.2) is 54.9 Å². The Labute approximate surface area is 128 Å². The number of nitrogens with zero attached hydrogens (tertiary/aromatic N) is 1. The number of carboxylic acids is 1. The van der Waals surface area contributed by atoms with Gasteiger partial charge in [0.1, 0.15) is 0 Å². The Hall–Kier alpha value is -2.62. The molecule has 0 saturated carbocycles. The van der Waals surface area contributed by atoms with Crippen LogP contribution >= 0.6 is 0 Å². The van der Waals surface area contributed by atoms with Crippen LogP contribution in [0.25, 0.3) is 0 Å². The number of carbonyl (C=O) groups excluding carboxylic acids is 1. The monoisotopic (exact) mass is 291 g/mol. The Morgan fingerprint density at radius 2 is 2.05 bits per heavy atom. The normalized spacial score (nSPS) is 25.2. The van der Waals surface area contributed by atoms with Crippen LogP contribution in [0.1, 0.15) is 39.9 Å². The van der Waals surface area contributed by atoms with Crippen LogP contribution < -0.4 is 10.4 Å². The highest BCUT2D eigenvalue weighted by Gasteiger charge is 2.37. The number of carboxylic acid groups (broad SMARTS) is 1. The largest absolute Gasteiger partial charge is 0.545 e. The van der Waals surface area contributed by atoms with E-state index in [4.69, 9.17) is 0 Å². The maximum atomic E-state index is 11.1. The first-order valence-electron chi connectivity index (χ1n) is 7.42. The number of allylic oxidation sites excluding steroid dienone is 2. The molecule has 0 radical (unpaired) electrons. The van der Waals surface area contributed by atoms with E-state index in [9.17, 15) is 9.90 Å². The lowest BCUT2D eigenvalue weighted by Gasteiger charge is -2.37. The van der Waals surface area contributed by atoms with E-state index in [0.717, 1.165) is 17.7 Å². The molecule has 110 valence electrons. The van der Waals surface area contributed by atoms with Crippen LogP contribution in [-0.4, -0.2) is 11.0 Å². The lowest BCUT2D eigenvalue weighted by atomic mass is 9.77. The summed E-state index contributed by atoms with van der Waals surface area (Å²) in [6.07, 6.45) is 8.98. The minimum absolute atomic E-state index is 0.212. The number of aromatic nitrogens is 1. The molecule has 22 heavy (non-hydrogen) atoms. The maximum Gasteiger partial charge on any atom is 0.0715 e. The van der Waals surface area contributed by atoms with Crippen LogP contribution in [0.5, 0.6) is 0 Å². The molecule has 0 bridgehead atoms. The molecule has 1 N–H and O–H groups in total. The zero-order valence-corrected chi connectivity index (χ0v) is 11.9. The second kappa shape index (κ2) is 4.98. The second-order valence-corrected chi connectivity index (χ2v) is 5.85. The van der Waals surface area contributed by atoms with Gasteiger partial charge in [0, 0.05) is 24.0 Å². The molecule has 0 amide bonds. The van der Waals surface area contributed by atoms with Crippen molar-refractivity contribution >= 4 is 11.7 Å². The molecule has 2 aliphatic rings. The summed E-state index contributed by atoms with van der Waals surface area (Å²) in [5.41, 5.74) is 3.50. The lowest BCUT2D eigenvalue weighted by Crippen LogP contribution is -2.30. The van der Waals surface area contributed by atoms with Gasteiger partial charge in [-0.1, -0.05) is 18.2 Å². The van der Waals surface area contributed by atoms with Crippen molar-refractivity contribution in [3.63, 3.8) is 0 Å². The Kier molecular flexibility index (Phi) is 2.96. The summed E-state index contributed by atoms with van der Waals surface area (Å²) >= 11 is 0. The molecule has 4 nitrogen and oxygen atoms in total. The van der Waals surface area contributed by atoms with Crippen LogP contribution in [0.3, 0.4) is 0 Å². The van der Waals surface area contributed by atoms with E-state index in [-0.39, 0.29) is 17.5 Å². The van der Waals surface area contributed by atoms with E-state index in [0.29, 0.717) is 5.92 Å². The van der Waals surface area contributed by atoms with E-state index in [2.05, 4.69) is 22.5 Å². The van der Waals surface area contributed by atoms with Gasteiger partial charge < -0.3 is 15.2 Å². The third-order valence-electron chi connectivity index (χ3n) is 4.66. The third-order valence-corrected chi connectivity index (χ3v) is 4.66. The standard InChI is InChI=1S/C18H16N2O2/c21-18(22)12-4-5-16-15(10-12)13-2-1-3-14(13)17(20-16)11-6-8-19-9-7-11/h1-2,4-10,13-14,17,20H,3H2,(H,21,22)/p-1/t13-,14+,17+/m1/s1. The number of anilines is 1. The van der Waals surface area contributed by atoms with Crippen molar-refractivity contribution in [3.8, 4) is 0 Å². The van der Waals surface area contributed by atoms with Crippen molar-refractivity contribution in [1.29, 1.82) is 0 Å². The third kappa shape index (κ3) is 1.99. The number of aromatic carboxylic acids is 1. The molecule has 2 heterocycles. The molecule has 1 aliphatic carbocycles. The van der Waals surface area contributed by atoms with Crippen molar-refractivity contribution in [3.05, 3.63) is 71.6 Å². The molecule has 2 aromatic rings. The fourth-order valence-corrected chi connectivity index (χ4v) is 3.62. The van der Waals surface area contributed by atoms with Crippen LogP contribution in [0.2, 0.25) is 0 Å². The minimum atomic E-state index is -1.13. The number of pyridine rings is 1. The molecule has 0 spiro atoms. The van der Waals surface area contributed by atoms with Gasteiger partial charge in [0.05, 0.1) is 12.0 Å².